The van der Waals surface area contributed by atoms with Gasteiger partial charge in [-0.25, -0.2) is 4.79 Å². The first-order chi connectivity index (χ1) is 8.61. The summed E-state index contributed by atoms with van der Waals surface area (Å²) >= 11 is 1.22. The van der Waals surface area contributed by atoms with E-state index in [1.54, 1.807) is 18.5 Å². The van der Waals surface area contributed by atoms with Crippen molar-refractivity contribution in [1.29, 1.82) is 0 Å². The summed E-state index contributed by atoms with van der Waals surface area (Å²) in [5.74, 6) is 0.314. The second-order valence-corrected chi connectivity index (χ2v) is 4.47. The summed E-state index contributed by atoms with van der Waals surface area (Å²) in [7, 11) is 1.83. The molecular formula is C11H14N4O2S. The van der Waals surface area contributed by atoms with Crippen LogP contribution in [0.3, 0.4) is 0 Å². The Morgan fingerprint density at radius 2 is 2.39 bits per heavy atom. The van der Waals surface area contributed by atoms with Crippen LogP contribution >= 0.6 is 11.5 Å². The highest BCUT2D eigenvalue weighted by atomic mass is 32.1. The van der Waals surface area contributed by atoms with E-state index in [1.165, 1.54) is 11.5 Å². The Labute approximate surface area is 109 Å². The predicted molar refractivity (Wildman–Crippen MR) is 69.3 cm³/mol. The Hall–Kier alpha value is -1.89. The van der Waals surface area contributed by atoms with Crippen molar-refractivity contribution in [2.24, 2.45) is 7.05 Å². The Balaban J connectivity index is 2.26. The second-order valence-electron chi connectivity index (χ2n) is 3.69. The van der Waals surface area contributed by atoms with Gasteiger partial charge < -0.3 is 10.1 Å². The summed E-state index contributed by atoms with van der Waals surface area (Å²) < 4.78 is 10.9. The van der Waals surface area contributed by atoms with Crippen molar-refractivity contribution >= 4 is 28.3 Å². The van der Waals surface area contributed by atoms with Gasteiger partial charge >= 0.3 is 5.97 Å². The van der Waals surface area contributed by atoms with Gasteiger partial charge in [0, 0.05) is 19.3 Å². The molecule has 0 fully saturated rings. The quantitative estimate of drug-likeness (QED) is 0.858. The molecule has 96 valence electrons. The van der Waals surface area contributed by atoms with Gasteiger partial charge in [0.05, 0.1) is 12.3 Å². The van der Waals surface area contributed by atoms with E-state index >= 15 is 0 Å². The van der Waals surface area contributed by atoms with Gasteiger partial charge in [-0.15, -0.1) is 0 Å². The van der Waals surface area contributed by atoms with Crippen molar-refractivity contribution < 1.29 is 9.53 Å². The minimum atomic E-state index is -0.359. The molecule has 0 amide bonds. The molecule has 0 atom stereocenters. The molecule has 2 aromatic heterocycles. The van der Waals surface area contributed by atoms with Gasteiger partial charge in [-0.1, -0.05) is 0 Å². The van der Waals surface area contributed by atoms with E-state index in [1.807, 2.05) is 19.3 Å². The van der Waals surface area contributed by atoms with Crippen LogP contribution in [-0.4, -0.2) is 26.7 Å². The van der Waals surface area contributed by atoms with E-state index in [0.717, 1.165) is 0 Å². The zero-order chi connectivity index (χ0) is 13.1. The lowest BCUT2D eigenvalue weighted by molar-refractivity contribution is 0.0527. The molecule has 7 heteroatoms. The molecule has 0 aromatic carbocycles. The summed E-state index contributed by atoms with van der Waals surface area (Å²) in [6.45, 7) is 3.91. The van der Waals surface area contributed by atoms with Crippen LogP contribution in [0.4, 0.5) is 10.8 Å². The molecule has 18 heavy (non-hydrogen) atoms. The largest absolute Gasteiger partial charge is 0.462 e. The third kappa shape index (κ3) is 2.51. The minimum absolute atomic E-state index is 0.344. The summed E-state index contributed by atoms with van der Waals surface area (Å²) in [4.78, 5) is 11.8. The fraction of sp³-hybridized carbons (Fsp3) is 0.364. The number of esters is 1. The first-order valence-corrected chi connectivity index (χ1v) is 6.29. The van der Waals surface area contributed by atoms with Crippen LogP contribution in [0.15, 0.2) is 12.3 Å². The zero-order valence-corrected chi connectivity index (χ0v) is 11.2. The van der Waals surface area contributed by atoms with Gasteiger partial charge in [-0.05, 0) is 25.4 Å². The van der Waals surface area contributed by atoms with Crippen LogP contribution in [-0.2, 0) is 11.8 Å². The fourth-order valence-electron chi connectivity index (χ4n) is 1.50. The van der Waals surface area contributed by atoms with E-state index < -0.39 is 0 Å². The maximum absolute atomic E-state index is 11.8. The molecule has 0 saturated heterocycles. The topological polar surface area (TPSA) is 69.0 Å². The van der Waals surface area contributed by atoms with Crippen LogP contribution in [0.1, 0.15) is 23.0 Å². The van der Waals surface area contributed by atoms with E-state index in [4.69, 9.17) is 4.74 Å². The smallest absolute Gasteiger partial charge is 0.343 e. The number of nitrogens with one attached hydrogen (secondary N) is 1. The molecule has 0 bridgehead atoms. The number of aromatic nitrogens is 3. The average molecular weight is 266 g/mol. The number of carbonyl (C=O) groups is 1. The number of hydrogen-bond acceptors (Lipinski definition) is 6. The van der Waals surface area contributed by atoms with Gasteiger partial charge in [0.15, 0.2) is 5.82 Å². The first-order valence-electron chi connectivity index (χ1n) is 5.52. The molecule has 0 radical (unpaired) electrons. The van der Waals surface area contributed by atoms with Gasteiger partial charge in [0.25, 0.3) is 0 Å². The molecule has 0 aliphatic heterocycles. The maximum Gasteiger partial charge on any atom is 0.343 e. The van der Waals surface area contributed by atoms with Crippen LogP contribution in [0.2, 0.25) is 0 Å². The SMILES string of the molecule is CCOC(=O)c1c(C)nsc1Nc1ccn(C)n1. The van der Waals surface area contributed by atoms with Crippen molar-refractivity contribution in [3.8, 4) is 0 Å². The number of hydrogen-bond donors (Lipinski definition) is 1. The van der Waals surface area contributed by atoms with E-state index in [0.29, 0.717) is 28.7 Å². The molecular weight excluding hydrogens is 252 g/mol. The summed E-state index contributed by atoms with van der Waals surface area (Å²) in [5.41, 5.74) is 1.14. The number of carbonyl (C=O) groups excluding carboxylic acids is 1. The Morgan fingerprint density at radius 3 is 3.00 bits per heavy atom. The number of anilines is 2. The van der Waals surface area contributed by atoms with E-state index in [9.17, 15) is 4.79 Å². The standard InChI is InChI=1S/C11H14N4O2S/c1-4-17-11(16)9-7(2)14-18-10(9)12-8-5-6-15(3)13-8/h5-6H,4H2,1-3H3,(H,12,13). The van der Waals surface area contributed by atoms with Crippen LogP contribution < -0.4 is 5.32 Å². The van der Waals surface area contributed by atoms with E-state index in [-0.39, 0.29) is 5.97 Å². The number of rotatable bonds is 4. The number of aryl methyl sites for hydroxylation is 2. The van der Waals surface area contributed by atoms with Crippen molar-refractivity contribution in [1.82, 2.24) is 14.2 Å². The molecule has 0 spiro atoms. The Morgan fingerprint density at radius 1 is 1.61 bits per heavy atom. The summed E-state index contributed by atoms with van der Waals surface area (Å²) in [6, 6.07) is 1.82. The summed E-state index contributed by atoms with van der Waals surface area (Å²) in [5, 5.41) is 7.93. The first kappa shape index (κ1) is 12.6. The molecule has 0 unspecified atom stereocenters. The molecule has 0 aliphatic carbocycles. The number of nitrogens with zero attached hydrogens (tertiary/aromatic N) is 3. The third-order valence-electron chi connectivity index (χ3n) is 2.30. The Kier molecular flexibility index (Phi) is 3.61. The highest BCUT2D eigenvalue weighted by molar-refractivity contribution is 7.10. The normalized spacial score (nSPS) is 10.4. The molecule has 1 N–H and O–H groups in total. The molecule has 2 aromatic rings. The van der Waals surface area contributed by atoms with Crippen molar-refractivity contribution in [2.75, 3.05) is 11.9 Å². The number of ether oxygens (including phenoxy) is 1. The summed E-state index contributed by atoms with van der Waals surface area (Å²) in [6.07, 6.45) is 1.82. The molecule has 0 aliphatic rings. The fourth-order valence-corrected chi connectivity index (χ4v) is 2.29. The lowest BCUT2D eigenvalue weighted by Gasteiger charge is -2.04. The van der Waals surface area contributed by atoms with Crippen LogP contribution in [0, 0.1) is 6.92 Å². The Bertz CT molecular complexity index is 561. The van der Waals surface area contributed by atoms with Crippen molar-refractivity contribution in [3.63, 3.8) is 0 Å². The molecule has 2 heterocycles. The molecule has 6 nitrogen and oxygen atoms in total. The van der Waals surface area contributed by atoms with Crippen molar-refractivity contribution in [2.45, 2.75) is 13.8 Å². The van der Waals surface area contributed by atoms with Crippen LogP contribution in [0.5, 0.6) is 0 Å². The van der Waals surface area contributed by atoms with Gasteiger partial charge in [-0.2, -0.15) is 9.47 Å². The van der Waals surface area contributed by atoms with Crippen molar-refractivity contribution in [3.05, 3.63) is 23.5 Å². The lowest BCUT2D eigenvalue weighted by Crippen LogP contribution is -2.07. The highest BCUT2D eigenvalue weighted by Crippen LogP contribution is 2.27. The molecule has 0 saturated carbocycles. The average Bonchev–Trinajstić information content (AvgIpc) is 2.87. The monoisotopic (exact) mass is 266 g/mol. The van der Waals surface area contributed by atoms with Crippen LogP contribution in [0.25, 0.3) is 0 Å². The van der Waals surface area contributed by atoms with Gasteiger partial charge in [0.1, 0.15) is 10.6 Å². The highest BCUT2D eigenvalue weighted by Gasteiger charge is 2.20. The second kappa shape index (κ2) is 5.18. The third-order valence-corrected chi connectivity index (χ3v) is 3.15. The maximum atomic E-state index is 11.8. The predicted octanol–water partition coefficient (Wildman–Crippen LogP) is 2.11. The minimum Gasteiger partial charge on any atom is -0.462 e. The zero-order valence-electron chi connectivity index (χ0n) is 10.4. The van der Waals surface area contributed by atoms with Gasteiger partial charge in [-0.3, -0.25) is 4.68 Å². The van der Waals surface area contributed by atoms with Gasteiger partial charge in [0.2, 0.25) is 0 Å². The lowest BCUT2D eigenvalue weighted by atomic mass is 10.2. The molecule has 2 rings (SSSR count). The van der Waals surface area contributed by atoms with E-state index in [2.05, 4.69) is 14.8 Å².